The zero-order chi connectivity index (χ0) is 15.2. The molecule has 0 fully saturated rings. The Balaban J connectivity index is 2.22. The lowest BCUT2D eigenvalue weighted by Crippen LogP contribution is -2.14. The van der Waals surface area contributed by atoms with Gasteiger partial charge in [-0.25, -0.2) is 5.41 Å². The van der Waals surface area contributed by atoms with Crippen LogP contribution in [0.2, 0.25) is 0 Å². The van der Waals surface area contributed by atoms with Crippen molar-refractivity contribution in [3.63, 3.8) is 0 Å². The standard InChI is InChI=1S/C14H16N2O5/c1-3-18-14(16)21-13(15)12-7-9-10(19-8-17-2)5-4-6-11(9)20-12/h4-7,15-16H,3,8H2,1-2H3. The van der Waals surface area contributed by atoms with Gasteiger partial charge in [-0.3, -0.25) is 5.41 Å². The first kappa shape index (κ1) is 14.9. The quantitative estimate of drug-likeness (QED) is 0.501. The van der Waals surface area contributed by atoms with Gasteiger partial charge in [0, 0.05) is 13.2 Å². The van der Waals surface area contributed by atoms with Gasteiger partial charge in [0.25, 0.3) is 5.90 Å². The Labute approximate surface area is 121 Å². The van der Waals surface area contributed by atoms with Gasteiger partial charge in [-0.1, -0.05) is 6.07 Å². The van der Waals surface area contributed by atoms with Crippen LogP contribution in [0.5, 0.6) is 5.75 Å². The summed E-state index contributed by atoms with van der Waals surface area (Å²) in [5, 5.41) is 15.8. The van der Waals surface area contributed by atoms with Crippen molar-refractivity contribution in [2.45, 2.75) is 6.92 Å². The lowest BCUT2D eigenvalue weighted by molar-refractivity contribution is 0.0522. The summed E-state index contributed by atoms with van der Waals surface area (Å²) in [5.74, 6) is 0.460. The first-order chi connectivity index (χ1) is 10.2. The van der Waals surface area contributed by atoms with Crippen molar-refractivity contribution >= 4 is 23.0 Å². The van der Waals surface area contributed by atoms with Gasteiger partial charge in [-0.05, 0) is 19.1 Å². The number of methoxy groups -OCH3 is 1. The summed E-state index contributed by atoms with van der Waals surface area (Å²) in [7, 11) is 1.53. The van der Waals surface area contributed by atoms with E-state index in [4.69, 9.17) is 34.2 Å². The summed E-state index contributed by atoms with van der Waals surface area (Å²) in [6.45, 7) is 2.13. The molecule has 0 bridgehead atoms. The van der Waals surface area contributed by atoms with E-state index in [1.165, 1.54) is 7.11 Å². The van der Waals surface area contributed by atoms with Gasteiger partial charge in [0.15, 0.2) is 12.6 Å². The van der Waals surface area contributed by atoms with Crippen LogP contribution in [0.3, 0.4) is 0 Å². The molecule has 1 aromatic heterocycles. The van der Waals surface area contributed by atoms with Crippen LogP contribution in [0.1, 0.15) is 12.7 Å². The first-order valence-corrected chi connectivity index (χ1v) is 6.28. The summed E-state index contributed by atoms with van der Waals surface area (Å²) in [4.78, 5) is 0. The minimum absolute atomic E-state index is 0.114. The molecule has 1 heterocycles. The van der Waals surface area contributed by atoms with E-state index in [1.807, 2.05) is 0 Å². The Morgan fingerprint density at radius 2 is 2.10 bits per heavy atom. The third-order valence-corrected chi connectivity index (χ3v) is 2.55. The summed E-state index contributed by atoms with van der Waals surface area (Å²) in [6.07, 6.45) is -0.446. The molecule has 21 heavy (non-hydrogen) atoms. The molecule has 2 rings (SSSR count). The molecule has 0 aliphatic carbocycles. The predicted octanol–water partition coefficient (Wildman–Crippen LogP) is 2.73. The third kappa shape index (κ3) is 3.51. The van der Waals surface area contributed by atoms with E-state index in [9.17, 15) is 0 Å². The molecule has 7 nitrogen and oxygen atoms in total. The normalized spacial score (nSPS) is 10.4. The van der Waals surface area contributed by atoms with Crippen LogP contribution in [0.4, 0.5) is 0 Å². The fraction of sp³-hybridized carbons (Fsp3) is 0.286. The van der Waals surface area contributed by atoms with E-state index in [-0.39, 0.29) is 18.5 Å². The molecular formula is C14H16N2O5. The summed E-state index contributed by atoms with van der Waals surface area (Å²) >= 11 is 0. The van der Waals surface area contributed by atoms with E-state index in [2.05, 4.69) is 0 Å². The molecule has 0 aliphatic heterocycles. The van der Waals surface area contributed by atoms with Gasteiger partial charge in [0.2, 0.25) is 0 Å². The van der Waals surface area contributed by atoms with Crippen LogP contribution in [-0.4, -0.2) is 32.5 Å². The third-order valence-electron chi connectivity index (χ3n) is 2.55. The SMILES string of the molecule is CCOC(=N)OC(=N)c1cc2c(OCOC)cccc2o1. The largest absolute Gasteiger partial charge is 0.467 e. The minimum Gasteiger partial charge on any atom is -0.467 e. The number of hydrogen-bond acceptors (Lipinski definition) is 7. The summed E-state index contributed by atoms with van der Waals surface area (Å²) < 4.78 is 25.5. The maximum atomic E-state index is 7.78. The molecule has 0 saturated heterocycles. The molecule has 0 aliphatic rings. The Morgan fingerprint density at radius 3 is 2.81 bits per heavy atom. The molecule has 0 unspecified atom stereocenters. The van der Waals surface area contributed by atoms with Crippen molar-refractivity contribution in [1.29, 1.82) is 10.8 Å². The van der Waals surface area contributed by atoms with Crippen molar-refractivity contribution in [2.75, 3.05) is 20.5 Å². The van der Waals surface area contributed by atoms with Crippen LogP contribution in [0.25, 0.3) is 11.0 Å². The molecule has 0 spiro atoms. The van der Waals surface area contributed by atoms with Crippen molar-refractivity contribution in [1.82, 2.24) is 0 Å². The highest BCUT2D eigenvalue weighted by atomic mass is 16.7. The van der Waals surface area contributed by atoms with E-state index in [0.717, 1.165) is 0 Å². The van der Waals surface area contributed by atoms with Crippen LogP contribution in [-0.2, 0) is 14.2 Å². The number of nitrogens with one attached hydrogen (secondary N) is 2. The fourth-order valence-electron chi connectivity index (χ4n) is 1.70. The van der Waals surface area contributed by atoms with Gasteiger partial charge in [-0.2, -0.15) is 0 Å². The zero-order valence-electron chi connectivity index (χ0n) is 11.8. The number of fused-ring (bicyclic) bond motifs is 1. The molecule has 0 amide bonds. The van der Waals surface area contributed by atoms with E-state index in [1.54, 1.807) is 31.2 Å². The van der Waals surface area contributed by atoms with Gasteiger partial charge < -0.3 is 23.4 Å². The van der Waals surface area contributed by atoms with Crippen molar-refractivity contribution < 1.29 is 23.4 Å². The van der Waals surface area contributed by atoms with Crippen molar-refractivity contribution in [3.8, 4) is 5.75 Å². The molecule has 112 valence electrons. The lowest BCUT2D eigenvalue weighted by atomic mass is 10.2. The molecule has 7 heteroatoms. The molecule has 0 saturated carbocycles. The second-order valence-electron chi connectivity index (χ2n) is 3.98. The first-order valence-electron chi connectivity index (χ1n) is 6.28. The second-order valence-corrected chi connectivity index (χ2v) is 3.98. The minimum atomic E-state index is -0.446. The fourth-order valence-corrected chi connectivity index (χ4v) is 1.70. The van der Waals surface area contributed by atoms with Gasteiger partial charge >= 0.3 is 6.08 Å². The topological polar surface area (TPSA) is 97.8 Å². The molecule has 0 atom stereocenters. The highest BCUT2D eigenvalue weighted by Gasteiger charge is 2.15. The molecule has 2 N–H and O–H groups in total. The number of rotatable bonds is 5. The number of furan rings is 1. The summed E-state index contributed by atoms with van der Waals surface area (Å²) in [6, 6.07) is 6.90. The maximum absolute atomic E-state index is 7.78. The molecule has 1 aromatic carbocycles. The number of ether oxygens (including phenoxy) is 4. The molecular weight excluding hydrogens is 276 g/mol. The van der Waals surface area contributed by atoms with E-state index < -0.39 is 6.08 Å². The second kappa shape index (κ2) is 6.76. The smallest absolute Gasteiger partial charge is 0.387 e. The van der Waals surface area contributed by atoms with Gasteiger partial charge in [0.05, 0.1) is 12.0 Å². The Bertz CT molecular complexity index is 650. The van der Waals surface area contributed by atoms with Crippen LogP contribution in [0, 0.1) is 10.8 Å². The van der Waals surface area contributed by atoms with Crippen LogP contribution in [0.15, 0.2) is 28.7 Å². The van der Waals surface area contributed by atoms with Crippen LogP contribution < -0.4 is 4.74 Å². The average Bonchev–Trinajstić information content (AvgIpc) is 2.90. The van der Waals surface area contributed by atoms with Crippen molar-refractivity contribution in [3.05, 3.63) is 30.0 Å². The lowest BCUT2D eigenvalue weighted by Gasteiger charge is -2.04. The van der Waals surface area contributed by atoms with Gasteiger partial charge in [-0.15, -0.1) is 0 Å². The highest BCUT2D eigenvalue weighted by Crippen LogP contribution is 2.29. The Hall–Kier alpha value is -2.54. The zero-order valence-corrected chi connectivity index (χ0v) is 11.8. The van der Waals surface area contributed by atoms with Gasteiger partial charge in [0.1, 0.15) is 11.3 Å². The van der Waals surface area contributed by atoms with Crippen molar-refractivity contribution in [2.24, 2.45) is 0 Å². The van der Waals surface area contributed by atoms with Crippen LogP contribution >= 0.6 is 0 Å². The summed E-state index contributed by atoms with van der Waals surface area (Å²) in [5.41, 5.74) is 0.551. The molecule has 2 aromatic rings. The number of hydrogen-bond donors (Lipinski definition) is 2. The van der Waals surface area contributed by atoms with E-state index in [0.29, 0.717) is 23.3 Å². The predicted molar refractivity (Wildman–Crippen MR) is 76.0 cm³/mol. The molecule has 0 radical (unpaired) electrons. The number of benzene rings is 1. The Morgan fingerprint density at radius 1 is 1.29 bits per heavy atom. The average molecular weight is 292 g/mol. The maximum Gasteiger partial charge on any atom is 0.387 e. The Kier molecular flexibility index (Phi) is 4.78. The monoisotopic (exact) mass is 292 g/mol. The highest BCUT2D eigenvalue weighted by molar-refractivity contribution is 5.99. The van der Waals surface area contributed by atoms with E-state index >= 15 is 0 Å².